The van der Waals surface area contributed by atoms with Crippen LogP contribution in [0, 0.1) is 6.92 Å². The number of carboxylic acid groups (broad SMARTS) is 1. The van der Waals surface area contributed by atoms with Gasteiger partial charge in [-0.25, -0.2) is 4.98 Å². The Labute approximate surface area is 208 Å². The number of H-pyrrole nitrogens is 1. The number of hydrogen-bond donors (Lipinski definition) is 2. The van der Waals surface area contributed by atoms with Gasteiger partial charge >= 0.3 is 5.97 Å². The van der Waals surface area contributed by atoms with E-state index in [1.54, 1.807) is 39.2 Å². The molecule has 1 unspecified atom stereocenters. The number of nitrogens with one attached hydrogen (secondary N) is 1. The summed E-state index contributed by atoms with van der Waals surface area (Å²) in [7, 11) is 1.55. The zero-order valence-electron chi connectivity index (χ0n) is 20.6. The number of oxazole rings is 1. The average molecular weight is 493 g/mol. The van der Waals surface area contributed by atoms with E-state index in [0.717, 1.165) is 10.9 Å². The molecule has 2 aromatic heterocycles. The number of carbonyl (C=O) groups excluding carboxylic acids is 1. The number of ketones is 1. The predicted molar refractivity (Wildman–Crippen MR) is 133 cm³/mol. The fourth-order valence-corrected chi connectivity index (χ4v) is 3.79. The molecule has 0 spiro atoms. The smallest absolute Gasteiger partial charge is 0.312 e. The van der Waals surface area contributed by atoms with E-state index in [1.807, 2.05) is 24.3 Å². The lowest BCUT2D eigenvalue weighted by molar-refractivity contribution is -0.138. The van der Waals surface area contributed by atoms with Gasteiger partial charge < -0.3 is 28.7 Å². The predicted octanol–water partition coefficient (Wildman–Crippen LogP) is 5.38. The van der Waals surface area contributed by atoms with Crippen molar-refractivity contribution >= 4 is 22.7 Å². The minimum Gasteiger partial charge on any atom is -0.493 e. The number of aromatic nitrogens is 2. The monoisotopic (exact) mass is 492 g/mol. The lowest BCUT2D eigenvalue weighted by Crippen LogP contribution is -2.07. The summed E-state index contributed by atoms with van der Waals surface area (Å²) in [5, 5.41) is 10.1. The van der Waals surface area contributed by atoms with Crippen LogP contribution in [-0.4, -0.2) is 47.2 Å². The van der Waals surface area contributed by atoms with Crippen molar-refractivity contribution in [3.63, 3.8) is 0 Å². The fraction of sp³-hybridized carbons (Fsp3) is 0.296. The summed E-state index contributed by atoms with van der Waals surface area (Å²) < 4.78 is 22.8. The summed E-state index contributed by atoms with van der Waals surface area (Å²) in [5.41, 5.74) is 2.74. The highest BCUT2D eigenvalue weighted by molar-refractivity contribution is 5.92. The molecule has 188 valence electrons. The number of methoxy groups -OCH3 is 1. The molecule has 0 aliphatic heterocycles. The molecule has 1 atom stereocenters. The number of Topliss-reactive ketones (excluding diaryl/α,β-unsaturated/α-hetero) is 1. The van der Waals surface area contributed by atoms with Crippen LogP contribution in [0.15, 0.2) is 46.9 Å². The molecule has 0 saturated heterocycles. The van der Waals surface area contributed by atoms with Gasteiger partial charge in [0.1, 0.15) is 5.75 Å². The zero-order chi connectivity index (χ0) is 25.8. The van der Waals surface area contributed by atoms with E-state index in [0.29, 0.717) is 59.7 Å². The number of fused-ring (bicyclic) bond motifs is 1. The highest BCUT2D eigenvalue weighted by Crippen LogP contribution is 2.33. The zero-order valence-corrected chi connectivity index (χ0v) is 20.6. The maximum absolute atomic E-state index is 11.6. The van der Waals surface area contributed by atoms with Gasteiger partial charge in [-0.2, -0.15) is 0 Å². The van der Waals surface area contributed by atoms with Gasteiger partial charge in [-0.15, -0.1) is 0 Å². The topological polar surface area (TPSA) is 124 Å². The molecule has 9 nitrogen and oxygen atoms in total. The van der Waals surface area contributed by atoms with Gasteiger partial charge in [0, 0.05) is 35.5 Å². The lowest BCUT2D eigenvalue weighted by Gasteiger charge is -2.12. The van der Waals surface area contributed by atoms with Gasteiger partial charge in [-0.05, 0) is 56.3 Å². The number of rotatable bonds is 11. The van der Waals surface area contributed by atoms with Crippen molar-refractivity contribution in [1.82, 2.24) is 9.97 Å². The summed E-state index contributed by atoms with van der Waals surface area (Å²) in [6.45, 7) is 5.67. The molecule has 0 amide bonds. The van der Waals surface area contributed by atoms with E-state index in [-0.39, 0.29) is 11.5 Å². The number of aryl methyl sites for hydroxylation is 1. The summed E-state index contributed by atoms with van der Waals surface area (Å²) in [5.74, 6) is 0.731. The van der Waals surface area contributed by atoms with Crippen LogP contribution in [0.25, 0.3) is 22.4 Å². The van der Waals surface area contributed by atoms with E-state index in [4.69, 9.17) is 18.6 Å². The number of carbonyl (C=O) groups is 2. The fourth-order valence-electron chi connectivity index (χ4n) is 3.79. The third-order valence-corrected chi connectivity index (χ3v) is 5.79. The number of aromatic amines is 1. The van der Waals surface area contributed by atoms with Gasteiger partial charge in [-0.1, -0.05) is 0 Å². The standard InChI is InChI=1S/C27H28N2O7/c1-15(27(31)32)22-13-19-12-20(7-8-21(19)29-22)34-10-5-11-35-23-9-6-18(14-24(23)33-4)26-28-16(2)25(36-26)17(3)30/h6-9,12-15,29H,5,10-11H2,1-4H3,(H,31,32). The Morgan fingerprint density at radius 3 is 2.56 bits per heavy atom. The van der Waals surface area contributed by atoms with E-state index < -0.39 is 11.9 Å². The van der Waals surface area contributed by atoms with E-state index >= 15 is 0 Å². The summed E-state index contributed by atoms with van der Waals surface area (Å²) in [6, 6.07) is 12.8. The molecule has 2 aromatic carbocycles. The Bertz CT molecular complexity index is 1400. The van der Waals surface area contributed by atoms with Crippen LogP contribution < -0.4 is 14.2 Å². The second kappa shape index (κ2) is 10.6. The Balaban J connectivity index is 1.32. The first-order chi connectivity index (χ1) is 17.3. The molecule has 0 radical (unpaired) electrons. The molecule has 4 aromatic rings. The van der Waals surface area contributed by atoms with E-state index in [2.05, 4.69) is 9.97 Å². The van der Waals surface area contributed by atoms with Crippen LogP contribution in [0.3, 0.4) is 0 Å². The number of ether oxygens (including phenoxy) is 3. The van der Waals surface area contributed by atoms with Crippen molar-refractivity contribution in [2.75, 3.05) is 20.3 Å². The summed E-state index contributed by atoms with van der Waals surface area (Å²) in [4.78, 5) is 30.3. The van der Waals surface area contributed by atoms with Crippen LogP contribution in [0.2, 0.25) is 0 Å². The molecular formula is C27H28N2O7. The number of nitrogens with zero attached hydrogens (tertiary/aromatic N) is 1. The quantitative estimate of drug-likeness (QED) is 0.211. The number of carboxylic acids is 1. The first kappa shape index (κ1) is 24.8. The van der Waals surface area contributed by atoms with E-state index in [1.165, 1.54) is 6.92 Å². The third kappa shape index (κ3) is 5.35. The van der Waals surface area contributed by atoms with Gasteiger partial charge in [-0.3, -0.25) is 9.59 Å². The minimum absolute atomic E-state index is 0.175. The average Bonchev–Trinajstić information content (AvgIpc) is 3.46. The molecule has 2 heterocycles. The maximum atomic E-state index is 11.6. The molecule has 0 saturated carbocycles. The molecular weight excluding hydrogens is 464 g/mol. The van der Waals surface area contributed by atoms with Crippen molar-refractivity contribution < 1.29 is 33.3 Å². The van der Waals surface area contributed by atoms with Gasteiger partial charge in [0.2, 0.25) is 5.89 Å². The largest absolute Gasteiger partial charge is 0.493 e. The SMILES string of the molecule is COc1cc(-c2nc(C)c(C(C)=O)o2)ccc1OCCCOc1ccc2[nH]c(C(C)C(=O)O)cc2c1. The van der Waals surface area contributed by atoms with E-state index in [9.17, 15) is 14.7 Å². The Morgan fingerprint density at radius 2 is 1.86 bits per heavy atom. The molecule has 0 bridgehead atoms. The maximum Gasteiger partial charge on any atom is 0.312 e. The molecule has 0 aliphatic carbocycles. The molecule has 2 N–H and O–H groups in total. The Hall–Kier alpha value is -4.27. The van der Waals surface area contributed by atoms with Crippen LogP contribution in [0.5, 0.6) is 17.2 Å². The highest BCUT2D eigenvalue weighted by atomic mass is 16.5. The third-order valence-electron chi connectivity index (χ3n) is 5.79. The van der Waals surface area contributed by atoms with Crippen LogP contribution in [0.1, 0.15) is 48.1 Å². The van der Waals surface area contributed by atoms with Gasteiger partial charge in [0.05, 0.1) is 31.9 Å². The Morgan fingerprint density at radius 1 is 1.08 bits per heavy atom. The Kier molecular flexibility index (Phi) is 7.28. The van der Waals surface area contributed by atoms with Crippen molar-refractivity contribution in [2.24, 2.45) is 0 Å². The molecule has 0 aliphatic rings. The van der Waals surface area contributed by atoms with Crippen LogP contribution >= 0.6 is 0 Å². The first-order valence-corrected chi connectivity index (χ1v) is 11.5. The van der Waals surface area contributed by atoms with Crippen molar-refractivity contribution in [1.29, 1.82) is 0 Å². The molecule has 36 heavy (non-hydrogen) atoms. The molecule has 4 rings (SSSR count). The lowest BCUT2D eigenvalue weighted by atomic mass is 10.1. The number of aliphatic carboxylic acids is 1. The van der Waals surface area contributed by atoms with Gasteiger partial charge in [0.25, 0.3) is 0 Å². The summed E-state index contributed by atoms with van der Waals surface area (Å²) >= 11 is 0. The van der Waals surface area contributed by atoms with Crippen molar-refractivity contribution in [2.45, 2.75) is 33.1 Å². The molecule has 0 fully saturated rings. The number of benzene rings is 2. The van der Waals surface area contributed by atoms with Crippen LogP contribution in [0.4, 0.5) is 0 Å². The normalized spacial score (nSPS) is 11.9. The first-order valence-electron chi connectivity index (χ1n) is 11.5. The van der Waals surface area contributed by atoms with Crippen LogP contribution in [-0.2, 0) is 4.79 Å². The highest BCUT2D eigenvalue weighted by Gasteiger charge is 2.17. The summed E-state index contributed by atoms with van der Waals surface area (Å²) in [6.07, 6.45) is 0.637. The minimum atomic E-state index is -0.876. The second-order valence-corrected chi connectivity index (χ2v) is 8.44. The van der Waals surface area contributed by atoms with Crippen molar-refractivity contribution in [3.8, 4) is 28.7 Å². The number of hydrogen-bond acceptors (Lipinski definition) is 7. The van der Waals surface area contributed by atoms with Gasteiger partial charge in [0.15, 0.2) is 23.0 Å². The second-order valence-electron chi connectivity index (χ2n) is 8.44. The molecule has 9 heteroatoms. The van der Waals surface area contributed by atoms with Crippen molar-refractivity contribution in [3.05, 3.63) is 59.6 Å².